The molecular weight excluding hydrogens is 259 g/mol. The Bertz CT molecular complexity index is 240. The van der Waals surface area contributed by atoms with Gasteiger partial charge in [-0.1, -0.05) is 19.8 Å². The molecule has 0 saturated heterocycles. The van der Waals surface area contributed by atoms with Gasteiger partial charge >= 0.3 is 13.1 Å². The second kappa shape index (κ2) is 13.4. The molecule has 20 heavy (non-hydrogen) atoms. The van der Waals surface area contributed by atoms with Crippen molar-refractivity contribution in [3.05, 3.63) is 0 Å². The van der Waals surface area contributed by atoms with Crippen LogP contribution in [0.15, 0.2) is 0 Å². The predicted octanol–water partition coefficient (Wildman–Crippen LogP) is 0.493. The van der Waals surface area contributed by atoms with Crippen LogP contribution in [0.4, 0.5) is 0 Å². The molecule has 0 bridgehead atoms. The molecule has 0 heterocycles. The van der Waals surface area contributed by atoms with Crippen LogP contribution < -0.4 is 5.73 Å². The van der Waals surface area contributed by atoms with E-state index in [1.807, 2.05) is 14.1 Å². The Kier molecular flexibility index (Phi) is 14.5. The standard InChI is InChI=1S/C10H19NO2.C2H7BO2.CH5N/c1-11(2)7-8-5-3-4-6-9(8)10(12)13;1-2-3(4)5;1-2/h8-9H,3-7H2,1-2H3,(H,12,13);4-5H,2H2,1H3;2H2,1H3/t8-,9-;;/m0../s1. The molecule has 0 spiro atoms. The van der Waals surface area contributed by atoms with Crippen molar-refractivity contribution in [2.24, 2.45) is 17.6 Å². The van der Waals surface area contributed by atoms with Crippen molar-refractivity contribution in [3.8, 4) is 0 Å². The van der Waals surface area contributed by atoms with E-state index < -0.39 is 13.1 Å². The summed E-state index contributed by atoms with van der Waals surface area (Å²) < 4.78 is 0. The van der Waals surface area contributed by atoms with E-state index in [9.17, 15) is 4.79 Å². The number of hydrogen-bond acceptors (Lipinski definition) is 5. The lowest BCUT2D eigenvalue weighted by Crippen LogP contribution is -2.34. The van der Waals surface area contributed by atoms with Crippen molar-refractivity contribution in [2.75, 3.05) is 27.7 Å². The van der Waals surface area contributed by atoms with E-state index in [0.717, 1.165) is 25.8 Å². The zero-order valence-electron chi connectivity index (χ0n) is 13.2. The largest absolute Gasteiger partial charge is 0.481 e. The van der Waals surface area contributed by atoms with Gasteiger partial charge in [-0.3, -0.25) is 4.79 Å². The van der Waals surface area contributed by atoms with Crippen LogP contribution in [0.1, 0.15) is 32.6 Å². The Morgan fingerprint density at radius 2 is 1.70 bits per heavy atom. The maximum absolute atomic E-state index is 10.9. The van der Waals surface area contributed by atoms with Gasteiger partial charge in [-0.2, -0.15) is 0 Å². The first-order chi connectivity index (χ1) is 9.38. The fourth-order valence-corrected chi connectivity index (χ4v) is 2.22. The van der Waals surface area contributed by atoms with Gasteiger partial charge in [0, 0.05) is 6.54 Å². The summed E-state index contributed by atoms with van der Waals surface area (Å²) in [5.41, 5.74) is 4.50. The lowest BCUT2D eigenvalue weighted by atomic mass is 9.79. The quantitative estimate of drug-likeness (QED) is 0.561. The molecule has 0 unspecified atom stereocenters. The molecule has 5 N–H and O–H groups in total. The molecule has 6 nitrogen and oxygen atoms in total. The summed E-state index contributed by atoms with van der Waals surface area (Å²) in [6.45, 7) is 2.61. The summed E-state index contributed by atoms with van der Waals surface area (Å²) in [7, 11) is 4.40. The van der Waals surface area contributed by atoms with E-state index in [0.29, 0.717) is 12.2 Å². The smallest absolute Gasteiger partial charge is 0.451 e. The highest BCUT2D eigenvalue weighted by Crippen LogP contribution is 2.30. The molecule has 1 saturated carbocycles. The summed E-state index contributed by atoms with van der Waals surface area (Å²) in [5, 5.41) is 24.8. The van der Waals surface area contributed by atoms with Crippen LogP contribution in [0.5, 0.6) is 0 Å². The van der Waals surface area contributed by atoms with Crippen LogP contribution in [0.2, 0.25) is 6.32 Å². The fourth-order valence-electron chi connectivity index (χ4n) is 2.22. The predicted molar refractivity (Wildman–Crippen MR) is 82.4 cm³/mol. The highest BCUT2D eigenvalue weighted by molar-refractivity contribution is 6.40. The first-order valence-electron chi connectivity index (χ1n) is 7.19. The summed E-state index contributed by atoms with van der Waals surface area (Å²) in [6.07, 6.45) is 4.65. The molecular formula is C13H31BN2O4. The Morgan fingerprint density at radius 3 is 2.05 bits per heavy atom. The number of rotatable bonds is 4. The minimum absolute atomic E-state index is 0.101. The number of hydrogen-bond donors (Lipinski definition) is 4. The minimum Gasteiger partial charge on any atom is -0.481 e. The summed E-state index contributed by atoms with van der Waals surface area (Å²) >= 11 is 0. The molecule has 1 rings (SSSR count). The van der Waals surface area contributed by atoms with Gasteiger partial charge in [-0.05, 0) is 46.2 Å². The zero-order valence-corrected chi connectivity index (χ0v) is 13.2. The third kappa shape index (κ3) is 11.2. The molecule has 0 amide bonds. The van der Waals surface area contributed by atoms with Gasteiger partial charge in [0.1, 0.15) is 0 Å². The molecule has 1 aliphatic carbocycles. The normalized spacial score (nSPS) is 21.2. The van der Waals surface area contributed by atoms with Gasteiger partial charge in [0.05, 0.1) is 5.92 Å². The number of carbonyl (C=O) groups is 1. The molecule has 0 radical (unpaired) electrons. The average molecular weight is 290 g/mol. The van der Waals surface area contributed by atoms with E-state index in [-0.39, 0.29) is 5.92 Å². The van der Waals surface area contributed by atoms with E-state index in [1.54, 1.807) is 6.92 Å². The van der Waals surface area contributed by atoms with Crippen LogP contribution in [0, 0.1) is 11.8 Å². The monoisotopic (exact) mass is 290 g/mol. The van der Waals surface area contributed by atoms with Crippen molar-refractivity contribution < 1.29 is 19.9 Å². The van der Waals surface area contributed by atoms with E-state index in [2.05, 4.69) is 10.6 Å². The third-order valence-corrected chi connectivity index (χ3v) is 3.19. The van der Waals surface area contributed by atoms with Crippen molar-refractivity contribution >= 4 is 13.1 Å². The van der Waals surface area contributed by atoms with Crippen molar-refractivity contribution in [1.29, 1.82) is 0 Å². The number of carboxylic acid groups (broad SMARTS) is 1. The first-order valence-corrected chi connectivity index (χ1v) is 7.19. The van der Waals surface area contributed by atoms with Crippen molar-refractivity contribution in [1.82, 2.24) is 4.90 Å². The minimum atomic E-state index is -1.12. The molecule has 0 aromatic carbocycles. The Morgan fingerprint density at radius 1 is 1.25 bits per heavy atom. The summed E-state index contributed by atoms with van der Waals surface area (Å²) in [5.74, 6) is -0.344. The molecule has 120 valence electrons. The lowest BCUT2D eigenvalue weighted by Gasteiger charge is -2.30. The van der Waals surface area contributed by atoms with Crippen molar-refractivity contribution in [3.63, 3.8) is 0 Å². The van der Waals surface area contributed by atoms with Gasteiger partial charge in [-0.15, -0.1) is 0 Å². The third-order valence-electron chi connectivity index (χ3n) is 3.19. The van der Waals surface area contributed by atoms with Crippen LogP contribution in [0.25, 0.3) is 0 Å². The lowest BCUT2D eigenvalue weighted by molar-refractivity contribution is -0.145. The molecule has 1 fully saturated rings. The maximum Gasteiger partial charge on any atom is 0.451 e. The Balaban J connectivity index is 0. The Hall–Kier alpha value is -0.625. The SMILES string of the molecule is CCB(O)O.CN.CN(C)C[C@@H]1CCCC[C@@H]1C(=O)O. The van der Waals surface area contributed by atoms with Gasteiger partial charge in [-0.25, -0.2) is 0 Å². The molecule has 2 atom stereocenters. The number of aliphatic carboxylic acids is 1. The van der Waals surface area contributed by atoms with Crippen LogP contribution in [-0.2, 0) is 4.79 Å². The number of nitrogens with zero attached hydrogens (tertiary/aromatic N) is 1. The maximum atomic E-state index is 10.9. The van der Waals surface area contributed by atoms with E-state index in [1.165, 1.54) is 13.5 Å². The van der Waals surface area contributed by atoms with Gasteiger partial charge in [0.15, 0.2) is 0 Å². The van der Waals surface area contributed by atoms with Crippen molar-refractivity contribution in [2.45, 2.75) is 38.9 Å². The molecule has 0 aromatic heterocycles. The molecule has 7 heteroatoms. The first kappa shape index (κ1) is 21.7. The molecule has 1 aliphatic rings. The average Bonchev–Trinajstić information content (AvgIpc) is 2.41. The van der Waals surface area contributed by atoms with E-state index in [4.69, 9.17) is 15.2 Å². The molecule has 0 aliphatic heterocycles. The number of nitrogens with two attached hydrogens (primary N) is 1. The van der Waals surface area contributed by atoms with Gasteiger partial charge in [0.25, 0.3) is 0 Å². The van der Waals surface area contributed by atoms with E-state index >= 15 is 0 Å². The number of carboxylic acids is 1. The summed E-state index contributed by atoms with van der Waals surface area (Å²) in [4.78, 5) is 13.0. The topological polar surface area (TPSA) is 107 Å². The van der Waals surface area contributed by atoms with Crippen LogP contribution in [0.3, 0.4) is 0 Å². The van der Waals surface area contributed by atoms with Gasteiger partial charge < -0.3 is 25.8 Å². The van der Waals surface area contributed by atoms with Crippen LogP contribution in [-0.4, -0.2) is 60.8 Å². The Labute approximate surface area is 123 Å². The summed E-state index contributed by atoms with van der Waals surface area (Å²) in [6, 6.07) is 0. The van der Waals surface area contributed by atoms with Gasteiger partial charge in [0.2, 0.25) is 0 Å². The second-order valence-electron chi connectivity index (χ2n) is 5.14. The van der Waals surface area contributed by atoms with Crippen LogP contribution >= 0.6 is 0 Å². The molecule has 0 aromatic rings. The zero-order chi connectivity index (χ0) is 16.1. The highest BCUT2D eigenvalue weighted by atomic mass is 16.4. The second-order valence-corrected chi connectivity index (χ2v) is 5.14. The fraction of sp³-hybridized carbons (Fsp3) is 0.923. The highest BCUT2D eigenvalue weighted by Gasteiger charge is 2.30.